The van der Waals surface area contributed by atoms with E-state index < -0.39 is 0 Å². The molecule has 0 radical (unpaired) electrons. The van der Waals surface area contributed by atoms with E-state index in [-0.39, 0.29) is 6.04 Å². The van der Waals surface area contributed by atoms with Gasteiger partial charge in [0.25, 0.3) is 0 Å². The van der Waals surface area contributed by atoms with Gasteiger partial charge in [0.15, 0.2) is 0 Å². The van der Waals surface area contributed by atoms with Gasteiger partial charge in [0, 0.05) is 12.1 Å². The summed E-state index contributed by atoms with van der Waals surface area (Å²) in [5, 5.41) is 6.66. The first-order chi connectivity index (χ1) is 5.60. The van der Waals surface area contributed by atoms with Crippen LogP contribution in [0.25, 0.3) is 0 Å². The summed E-state index contributed by atoms with van der Waals surface area (Å²) in [5.74, 6) is 0. The van der Waals surface area contributed by atoms with E-state index in [9.17, 15) is 0 Å². The third kappa shape index (κ3) is 5.52. The Balaban J connectivity index is 3.66. The second-order valence-corrected chi connectivity index (χ2v) is 3.53. The predicted molar refractivity (Wildman–Crippen MR) is 54.0 cm³/mol. The predicted octanol–water partition coefficient (Wildman–Crippen LogP) is 0.657. The molecule has 0 aliphatic carbocycles. The highest BCUT2D eigenvalue weighted by molar-refractivity contribution is 4.70. The molecule has 0 fully saturated rings. The molecule has 0 aromatic rings. The largest absolute Gasteiger partial charge is 0.328 e. The first-order valence-corrected chi connectivity index (χ1v) is 4.79. The van der Waals surface area contributed by atoms with Crippen molar-refractivity contribution >= 4 is 0 Å². The van der Waals surface area contributed by atoms with Gasteiger partial charge in [0.2, 0.25) is 0 Å². The summed E-state index contributed by atoms with van der Waals surface area (Å²) in [6.45, 7) is 6.39. The van der Waals surface area contributed by atoms with Crippen molar-refractivity contribution < 1.29 is 0 Å². The molecule has 0 aromatic heterocycles. The van der Waals surface area contributed by atoms with E-state index in [2.05, 4.69) is 24.5 Å². The number of hydrogen-bond donors (Lipinski definition) is 3. The lowest BCUT2D eigenvalue weighted by Crippen LogP contribution is -2.47. The average molecular weight is 173 g/mol. The van der Waals surface area contributed by atoms with Crippen molar-refractivity contribution in [2.45, 2.75) is 51.9 Å². The van der Waals surface area contributed by atoms with Crippen LogP contribution in [0, 0.1) is 0 Å². The van der Waals surface area contributed by atoms with Crippen LogP contribution in [-0.2, 0) is 0 Å². The number of nitrogens with two attached hydrogens (primary N) is 1. The third-order valence-corrected chi connectivity index (χ3v) is 2.05. The molecule has 0 saturated carbocycles. The third-order valence-electron chi connectivity index (χ3n) is 2.05. The Morgan fingerprint density at radius 3 is 2.25 bits per heavy atom. The van der Waals surface area contributed by atoms with Crippen molar-refractivity contribution in [3.8, 4) is 0 Å². The van der Waals surface area contributed by atoms with E-state index in [1.165, 1.54) is 0 Å². The Hall–Kier alpha value is -0.120. The van der Waals surface area contributed by atoms with Crippen LogP contribution < -0.4 is 16.4 Å². The Labute approximate surface area is 76.1 Å². The lowest BCUT2D eigenvalue weighted by Gasteiger charge is -2.23. The minimum atomic E-state index is 0.249. The van der Waals surface area contributed by atoms with Crippen LogP contribution in [0.4, 0.5) is 0 Å². The molecule has 74 valence electrons. The molecule has 0 aliphatic heterocycles. The maximum absolute atomic E-state index is 5.71. The quantitative estimate of drug-likeness (QED) is 0.517. The van der Waals surface area contributed by atoms with Gasteiger partial charge < -0.3 is 11.1 Å². The maximum Gasteiger partial charge on any atom is 0.0586 e. The summed E-state index contributed by atoms with van der Waals surface area (Å²) in [7, 11) is 1.96. The van der Waals surface area contributed by atoms with Gasteiger partial charge >= 0.3 is 0 Å². The molecule has 3 unspecified atom stereocenters. The zero-order valence-corrected chi connectivity index (χ0v) is 8.72. The SMILES string of the molecule is CCC(C)NC(CC(C)N)NC. The highest BCUT2D eigenvalue weighted by Gasteiger charge is 2.09. The Kier molecular flexibility index (Phi) is 6.34. The molecule has 0 aliphatic rings. The fourth-order valence-corrected chi connectivity index (χ4v) is 1.10. The molecule has 0 amide bonds. The first-order valence-electron chi connectivity index (χ1n) is 4.79. The zero-order chi connectivity index (χ0) is 9.56. The molecule has 3 atom stereocenters. The summed E-state index contributed by atoms with van der Waals surface area (Å²) in [5.41, 5.74) is 5.71. The Morgan fingerprint density at radius 1 is 1.33 bits per heavy atom. The maximum atomic E-state index is 5.71. The van der Waals surface area contributed by atoms with Crippen molar-refractivity contribution in [2.75, 3.05) is 7.05 Å². The molecule has 0 rings (SSSR count). The van der Waals surface area contributed by atoms with E-state index in [0.29, 0.717) is 12.2 Å². The Morgan fingerprint density at radius 2 is 1.92 bits per heavy atom. The van der Waals surface area contributed by atoms with E-state index in [0.717, 1.165) is 12.8 Å². The number of hydrogen-bond acceptors (Lipinski definition) is 3. The first kappa shape index (κ1) is 11.9. The topological polar surface area (TPSA) is 50.1 Å². The molecule has 0 heterocycles. The van der Waals surface area contributed by atoms with Crippen molar-refractivity contribution in [3.05, 3.63) is 0 Å². The van der Waals surface area contributed by atoms with E-state index in [1.54, 1.807) is 0 Å². The van der Waals surface area contributed by atoms with Gasteiger partial charge in [0.1, 0.15) is 0 Å². The molecule has 0 aromatic carbocycles. The van der Waals surface area contributed by atoms with Crippen molar-refractivity contribution in [3.63, 3.8) is 0 Å². The Bertz CT molecular complexity index is 104. The molecular formula is C9H23N3. The lowest BCUT2D eigenvalue weighted by atomic mass is 10.2. The van der Waals surface area contributed by atoms with Crippen LogP contribution in [-0.4, -0.2) is 25.3 Å². The average Bonchev–Trinajstić information content (AvgIpc) is 2.02. The van der Waals surface area contributed by atoms with E-state index in [4.69, 9.17) is 5.73 Å². The molecule has 0 saturated heterocycles. The van der Waals surface area contributed by atoms with Crippen molar-refractivity contribution in [1.29, 1.82) is 0 Å². The van der Waals surface area contributed by atoms with Crippen LogP contribution in [0.3, 0.4) is 0 Å². The summed E-state index contributed by atoms with van der Waals surface area (Å²) in [4.78, 5) is 0. The molecule has 0 bridgehead atoms. The normalized spacial score (nSPS) is 18.8. The van der Waals surface area contributed by atoms with Gasteiger partial charge in [-0.15, -0.1) is 0 Å². The minimum Gasteiger partial charge on any atom is -0.328 e. The zero-order valence-electron chi connectivity index (χ0n) is 8.72. The summed E-state index contributed by atoms with van der Waals surface area (Å²) in [6.07, 6.45) is 2.47. The second kappa shape index (κ2) is 6.40. The molecule has 4 N–H and O–H groups in total. The van der Waals surface area contributed by atoms with Crippen molar-refractivity contribution in [2.24, 2.45) is 5.73 Å². The van der Waals surface area contributed by atoms with Crippen LogP contribution >= 0.6 is 0 Å². The van der Waals surface area contributed by atoms with Gasteiger partial charge in [-0.25, -0.2) is 0 Å². The fraction of sp³-hybridized carbons (Fsp3) is 1.00. The fourth-order valence-electron chi connectivity index (χ4n) is 1.10. The summed E-state index contributed by atoms with van der Waals surface area (Å²) >= 11 is 0. The molecule has 3 heteroatoms. The smallest absolute Gasteiger partial charge is 0.0586 e. The summed E-state index contributed by atoms with van der Waals surface area (Å²) < 4.78 is 0. The van der Waals surface area contributed by atoms with E-state index in [1.807, 2.05) is 14.0 Å². The minimum absolute atomic E-state index is 0.249. The lowest BCUT2D eigenvalue weighted by molar-refractivity contribution is 0.360. The molecule has 12 heavy (non-hydrogen) atoms. The highest BCUT2D eigenvalue weighted by atomic mass is 15.1. The highest BCUT2D eigenvalue weighted by Crippen LogP contribution is 1.96. The number of rotatable bonds is 6. The summed E-state index contributed by atoms with van der Waals surface area (Å²) in [6, 6.07) is 0.806. The van der Waals surface area contributed by atoms with Gasteiger partial charge in [-0.3, -0.25) is 5.32 Å². The molecule has 0 spiro atoms. The van der Waals surface area contributed by atoms with Crippen LogP contribution in [0.5, 0.6) is 0 Å². The molecule has 3 nitrogen and oxygen atoms in total. The van der Waals surface area contributed by atoms with Crippen LogP contribution in [0.15, 0.2) is 0 Å². The van der Waals surface area contributed by atoms with Gasteiger partial charge in [-0.05, 0) is 33.7 Å². The molecular weight excluding hydrogens is 150 g/mol. The second-order valence-electron chi connectivity index (χ2n) is 3.53. The van der Waals surface area contributed by atoms with Crippen molar-refractivity contribution in [1.82, 2.24) is 10.6 Å². The van der Waals surface area contributed by atoms with Gasteiger partial charge in [-0.2, -0.15) is 0 Å². The number of nitrogens with one attached hydrogen (secondary N) is 2. The van der Waals surface area contributed by atoms with Gasteiger partial charge in [0.05, 0.1) is 6.17 Å². The standard InChI is InChI=1S/C9H23N3/c1-5-8(3)12-9(11-4)6-7(2)10/h7-9,11-12H,5-6,10H2,1-4H3. The monoisotopic (exact) mass is 173 g/mol. The van der Waals surface area contributed by atoms with Crippen LogP contribution in [0.2, 0.25) is 0 Å². The van der Waals surface area contributed by atoms with E-state index >= 15 is 0 Å². The van der Waals surface area contributed by atoms with Crippen LogP contribution in [0.1, 0.15) is 33.6 Å². The van der Waals surface area contributed by atoms with Gasteiger partial charge in [-0.1, -0.05) is 6.92 Å².